The number of hydrogen-bond acceptors (Lipinski definition) is 7. The van der Waals surface area contributed by atoms with Crippen LogP contribution in [-0.4, -0.2) is 44.1 Å². The van der Waals surface area contributed by atoms with E-state index in [4.69, 9.17) is 14.2 Å². The molecule has 1 aromatic rings. The van der Waals surface area contributed by atoms with Crippen molar-refractivity contribution in [3.63, 3.8) is 0 Å². The molecule has 0 radical (unpaired) electrons. The standard InChI is InChI=1S/C10H11BO7/c1-15-6-3-5(10(12)16-2)7(11(13)14)9-8(6)17-4-18-9/h3,13-14H,4H2,1-2H3. The maximum absolute atomic E-state index is 11.6. The van der Waals surface area contributed by atoms with Gasteiger partial charge in [0.15, 0.2) is 11.5 Å². The fourth-order valence-corrected chi connectivity index (χ4v) is 1.75. The highest BCUT2D eigenvalue weighted by Gasteiger charge is 2.34. The summed E-state index contributed by atoms with van der Waals surface area (Å²) in [7, 11) is 0.695. The molecular weight excluding hydrogens is 243 g/mol. The fourth-order valence-electron chi connectivity index (χ4n) is 1.75. The quantitative estimate of drug-likeness (QED) is 0.521. The summed E-state index contributed by atoms with van der Waals surface area (Å²) in [5.41, 5.74) is -0.149. The number of carbonyl (C=O) groups is 1. The van der Waals surface area contributed by atoms with Crippen molar-refractivity contribution in [2.24, 2.45) is 0 Å². The largest absolute Gasteiger partial charge is 0.493 e. The third-order valence-electron chi connectivity index (χ3n) is 2.53. The Morgan fingerprint density at radius 2 is 2.00 bits per heavy atom. The molecule has 0 bridgehead atoms. The lowest BCUT2D eigenvalue weighted by Crippen LogP contribution is -2.36. The summed E-state index contributed by atoms with van der Waals surface area (Å²) in [4.78, 5) is 11.6. The van der Waals surface area contributed by atoms with E-state index in [9.17, 15) is 14.8 Å². The zero-order chi connectivity index (χ0) is 13.3. The molecule has 7 nitrogen and oxygen atoms in total. The van der Waals surface area contributed by atoms with Crippen LogP contribution in [0, 0.1) is 0 Å². The molecule has 0 spiro atoms. The van der Waals surface area contributed by atoms with Crippen LogP contribution in [0.5, 0.6) is 17.2 Å². The van der Waals surface area contributed by atoms with Crippen LogP contribution in [0.4, 0.5) is 0 Å². The molecule has 1 aliphatic rings. The van der Waals surface area contributed by atoms with Crippen LogP contribution < -0.4 is 19.7 Å². The summed E-state index contributed by atoms with van der Waals surface area (Å²) in [6.45, 7) is -0.0873. The molecule has 0 saturated carbocycles. The Bertz CT molecular complexity index is 486. The molecule has 2 N–H and O–H groups in total. The van der Waals surface area contributed by atoms with E-state index in [1.165, 1.54) is 20.3 Å². The second kappa shape index (κ2) is 4.75. The lowest BCUT2D eigenvalue weighted by Gasteiger charge is -2.12. The first-order chi connectivity index (χ1) is 8.60. The van der Waals surface area contributed by atoms with Gasteiger partial charge in [-0.05, 0) is 6.07 Å². The van der Waals surface area contributed by atoms with E-state index in [0.717, 1.165) is 0 Å². The first-order valence-corrected chi connectivity index (χ1v) is 5.05. The second-order valence-electron chi connectivity index (χ2n) is 3.47. The summed E-state index contributed by atoms with van der Waals surface area (Å²) in [5.74, 6) is -0.167. The summed E-state index contributed by atoms with van der Waals surface area (Å²) < 4.78 is 19.9. The van der Waals surface area contributed by atoms with Gasteiger partial charge in [0.2, 0.25) is 12.5 Å². The smallest absolute Gasteiger partial charge is 0.493 e. The molecule has 96 valence electrons. The Balaban J connectivity index is 2.68. The zero-order valence-electron chi connectivity index (χ0n) is 9.80. The maximum atomic E-state index is 11.6. The van der Waals surface area contributed by atoms with Gasteiger partial charge in [-0.1, -0.05) is 0 Å². The number of esters is 1. The van der Waals surface area contributed by atoms with Crippen molar-refractivity contribution in [1.82, 2.24) is 0 Å². The van der Waals surface area contributed by atoms with Crippen molar-refractivity contribution >= 4 is 18.6 Å². The molecule has 0 saturated heterocycles. The third kappa shape index (κ3) is 1.85. The number of carbonyl (C=O) groups excluding carboxylic acids is 1. The Kier molecular flexibility index (Phi) is 3.31. The SMILES string of the molecule is COC(=O)c1cc(OC)c2c(c1B(O)O)OCO2. The van der Waals surface area contributed by atoms with Gasteiger partial charge in [0.25, 0.3) is 0 Å². The normalized spacial score (nSPS) is 12.2. The van der Waals surface area contributed by atoms with Gasteiger partial charge in [0.1, 0.15) is 0 Å². The van der Waals surface area contributed by atoms with Crippen LogP contribution in [0.1, 0.15) is 10.4 Å². The van der Waals surface area contributed by atoms with Crippen LogP contribution in [0.25, 0.3) is 0 Å². The van der Waals surface area contributed by atoms with Gasteiger partial charge < -0.3 is 29.0 Å². The van der Waals surface area contributed by atoms with E-state index in [1.807, 2.05) is 0 Å². The Labute approximate surface area is 103 Å². The van der Waals surface area contributed by atoms with Gasteiger partial charge in [-0.15, -0.1) is 0 Å². The molecule has 0 aliphatic carbocycles. The number of hydrogen-bond donors (Lipinski definition) is 2. The maximum Gasteiger partial charge on any atom is 0.493 e. The fraction of sp³-hybridized carbons (Fsp3) is 0.300. The predicted molar refractivity (Wildman–Crippen MR) is 60.3 cm³/mol. The van der Waals surface area contributed by atoms with E-state index in [0.29, 0.717) is 0 Å². The molecule has 1 aromatic carbocycles. The zero-order valence-corrected chi connectivity index (χ0v) is 9.80. The highest BCUT2D eigenvalue weighted by Crippen LogP contribution is 2.40. The van der Waals surface area contributed by atoms with Gasteiger partial charge in [-0.3, -0.25) is 0 Å². The van der Waals surface area contributed by atoms with Gasteiger partial charge in [0, 0.05) is 5.46 Å². The van der Waals surface area contributed by atoms with E-state index in [2.05, 4.69) is 4.74 Å². The Morgan fingerprint density at radius 3 is 2.56 bits per heavy atom. The van der Waals surface area contributed by atoms with Crippen LogP contribution in [-0.2, 0) is 4.74 Å². The minimum absolute atomic E-state index is 0.0476. The minimum atomic E-state index is -1.89. The molecule has 1 aliphatic heterocycles. The van der Waals surface area contributed by atoms with Crippen LogP contribution in [0.15, 0.2) is 6.07 Å². The first-order valence-electron chi connectivity index (χ1n) is 5.05. The van der Waals surface area contributed by atoms with E-state index < -0.39 is 13.1 Å². The second-order valence-corrected chi connectivity index (χ2v) is 3.47. The summed E-state index contributed by atoms with van der Waals surface area (Å²) in [6, 6.07) is 1.31. The Morgan fingerprint density at radius 1 is 1.33 bits per heavy atom. The van der Waals surface area contributed by atoms with Crippen LogP contribution in [0.3, 0.4) is 0 Å². The molecular formula is C10H11BO7. The molecule has 18 heavy (non-hydrogen) atoms. The van der Waals surface area contributed by atoms with Crippen molar-refractivity contribution < 1.29 is 33.8 Å². The van der Waals surface area contributed by atoms with Crippen LogP contribution in [0.2, 0.25) is 0 Å². The van der Waals surface area contributed by atoms with Crippen molar-refractivity contribution in [2.75, 3.05) is 21.0 Å². The molecule has 0 fully saturated rings. The average molecular weight is 254 g/mol. The molecule has 0 amide bonds. The number of rotatable bonds is 3. The predicted octanol–water partition coefficient (Wildman–Crippen LogP) is -1.11. The third-order valence-corrected chi connectivity index (χ3v) is 2.53. The highest BCUT2D eigenvalue weighted by atomic mass is 16.7. The number of ether oxygens (including phenoxy) is 4. The number of benzene rings is 1. The van der Waals surface area contributed by atoms with Crippen LogP contribution >= 0.6 is 0 Å². The van der Waals surface area contributed by atoms with Gasteiger partial charge >= 0.3 is 13.1 Å². The number of fused-ring (bicyclic) bond motifs is 1. The van der Waals surface area contributed by atoms with E-state index in [1.54, 1.807) is 0 Å². The molecule has 1 heterocycles. The van der Waals surface area contributed by atoms with Gasteiger partial charge in [-0.2, -0.15) is 0 Å². The van der Waals surface area contributed by atoms with E-state index in [-0.39, 0.29) is 35.1 Å². The molecule has 8 heteroatoms. The van der Waals surface area contributed by atoms with Crippen molar-refractivity contribution in [3.8, 4) is 17.2 Å². The number of methoxy groups -OCH3 is 2. The van der Waals surface area contributed by atoms with Crippen molar-refractivity contribution in [1.29, 1.82) is 0 Å². The summed E-state index contributed by atoms with van der Waals surface area (Å²) in [5, 5.41) is 18.7. The topological polar surface area (TPSA) is 94.5 Å². The summed E-state index contributed by atoms with van der Waals surface area (Å²) in [6.07, 6.45) is 0. The van der Waals surface area contributed by atoms with Gasteiger partial charge in [0.05, 0.1) is 19.8 Å². The van der Waals surface area contributed by atoms with Crippen molar-refractivity contribution in [2.45, 2.75) is 0 Å². The first kappa shape index (κ1) is 12.5. The van der Waals surface area contributed by atoms with Crippen molar-refractivity contribution in [3.05, 3.63) is 11.6 Å². The Hall–Kier alpha value is -1.93. The van der Waals surface area contributed by atoms with Gasteiger partial charge in [-0.25, -0.2) is 4.79 Å². The van der Waals surface area contributed by atoms with E-state index >= 15 is 0 Å². The average Bonchev–Trinajstić information content (AvgIpc) is 2.84. The summed E-state index contributed by atoms with van der Waals surface area (Å²) >= 11 is 0. The highest BCUT2D eigenvalue weighted by molar-refractivity contribution is 6.61. The molecule has 0 atom stereocenters. The molecule has 2 rings (SSSR count). The lowest BCUT2D eigenvalue weighted by molar-refractivity contribution is 0.0601. The lowest BCUT2D eigenvalue weighted by atomic mass is 9.75. The minimum Gasteiger partial charge on any atom is -0.493 e. The monoisotopic (exact) mass is 254 g/mol. The molecule has 0 unspecified atom stereocenters. The molecule has 0 aromatic heterocycles.